The predicted molar refractivity (Wildman–Crippen MR) is 94.0 cm³/mol. The smallest absolute Gasteiger partial charge is 0.242 e. The number of carbonyl (C=O) groups is 1. The van der Waals surface area contributed by atoms with Crippen molar-refractivity contribution < 1.29 is 13.2 Å². The molecule has 8 heteroatoms. The largest absolute Gasteiger partial charge is 0.325 e. The lowest BCUT2D eigenvalue weighted by atomic mass is 10.3. The fourth-order valence-electron chi connectivity index (χ4n) is 1.78. The van der Waals surface area contributed by atoms with Crippen molar-refractivity contribution in [2.24, 2.45) is 0 Å². The molecule has 122 valence electrons. The fourth-order valence-corrected chi connectivity index (χ4v) is 3.51. The van der Waals surface area contributed by atoms with Gasteiger partial charge >= 0.3 is 0 Å². The van der Waals surface area contributed by atoms with Crippen molar-refractivity contribution in [2.45, 2.75) is 17.9 Å². The highest BCUT2D eigenvalue weighted by atomic mass is 79.9. The van der Waals surface area contributed by atoms with Crippen LogP contribution in [0.4, 0.5) is 5.69 Å². The topological polar surface area (TPSA) is 75.3 Å². The maximum absolute atomic E-state index is 12.2. The molecule has 2 aromatic carbocycles. The van der Waals surface area contributed by atoms with Gasteiger partial charge in [0.15, 0.2) is 0 Å². The number of anilines is 1. The van der Waals surface area contributed by atoms with E-state index in [1.165, 1.54) is 31.2 Å². The number of rotatable bonds is 5. The van der Waals surface area contributed by atoms with Gasteiger partial charge in [-0.15, -0.1) is 0 Å². The molecule has 0 aromatic heterocycles. The van der Waals surface area contributed by atoms with E-state index in [2.05, 4.69) is 26.0 Å². The van der Waals surface area contributed by atoms with Crippen LogP contribution in [0.3, 0.4) is 0 Å². The molecule has 1 amide bonds. The highest BCUT2D eigenvalue weighted by Gasteiger charge is 2.22. The molecule has 0 aliphatic heterocycles. The Balaban J connectivity index is 2.06. The van der Waals surface area contributed by atoms with Crippen LogP contribution in [0.15, 0.2) is 57.9 Å². The molecular formula is C15H14BrClN2O3S. The van der Waals surface area contributed by atoms with Crippen molar-refractivity contribution in [1.82, 2.24) is 4.72 Å². The van der Waals surface area contributed by atoms with E-state index in [0.717, 1.165) is 4.47 Å². The van der Waals surface area contributed by atoms with Crippen molar-refractivity contribution >= 4 is 49.1 Å². The maximum atomic E-state index is 12.2. The highest BCUT2D eigenvalue weighted by Crippen LogP contribution is 2.17. The lowest BCUT2D eigenvalue weighted by Gasteiger charge is -2.14. The van der Waals surface area contributed by atoms with E-state index in [1.807, 2.05) is 6.07 Å². The lowest BCUT2D eigenvalue weighted by Crippen LogP contribution is -2.41. The maximum Gasteiger partial charge on any atom is 0.242 e. The van der Waals surface area contributed by atoms with Crippen LogP contribution in [0.25, 0.3) is 0 Å². The molecule has 1 atom stereocenters. The first-order valence-corrected chi connectivity index (χ1v) is 9.28. The Morgan fingerprint density at radius 2 is 1.83 bits per heavy atom. The van der Waals surface area contributed by atoms with E-state index < -0.39 is 22.0 Å². The van der Waals surface area contributed by atoms with Gasteiger partial charge in [0, 0.05) is 15.2 Å². The molecule has 0 unspecified atom stereocenters. The normalized spacial score (nSPS) is 12.7. The molecule has 0 heterocycles. The number of amides is 1. The van der Waals surface area contributed by atoms with Crippen molar-refractivity contribution in [3.8, 4) is 0 Å². The Morgan fingerprint density at radius 1 is 1.17 bits per heavy atom. The zero-order valence-corrected chi connectivity index (χ0v) is 15.2. The molecule has 0 aliphatic rings. The average Bonchev–Trinajstić information content (AvgIpc) is 2.47. The minimum Gasteiger partial charge on any atom is -0.325 e. The zero-order valence-electron chi connectivity index (χ0n) is 12.1. The molecule has 5 nitrogen and oxygen atoms in total. The Bertz CT molecular complexity index is 810. The highest BCUT2D eigenvalue weighted by molar-refractivity contribution is 9.10. The van der Waals surface area contributed by atoms with Gasteiger partial charge in [-0.25, -0.2) is 8.42 Å². The molecular weight excluding hydrogens is 404 g/mol. The molecule has 2 N–H and O–H groups in total. The van der Waals surface area contributed by atoms with Crippen LogP contribution in [0.5, 0.6) is 0 Å². The first kappa shape index (κ1) is 17.9. The SMILES string of the molecule is C[C@H](NS(=O)(=O)c1ccc(Cl)cc1)C(=O)Nc1cccc(Br)c1. The van der Waals surface area contributed by atoms with Gasteiger partial charge < -0.3 is 5.32 Å². The minimum absolute atomic E-state index is 0.0454. The van der Waals surface area contributed by atoms with Crippen LogP contribution >= 0.6 is 27.5 Å². The summed E-state index contributed by atoms with van der Waals surface area (Å²) in [6.07, 6.45) is 0. The second-order valence-corrected chi connectivity index (χ2v) is 7.86. The Hall–Kier alpha value is -1.41. The number of hydrogen-bond donors (Lipinski definition) is 2. The average molecular weight is 418 g/mol. The summed E-state index contributed by atoms with van der Waals surface area (Å²) < 4.78 is 27.6. The van der Waals surface area contributed by atoms with E-state index in [9.17, 15) is 13.2 Å². The van der Waals surface area contributed by atoms with Crippen LogP contribution in [-0.4, -0.2) is 20.4 Å². The number of hydrogen-bond acceptors (Lipinski definition) is 3. The van der Waals surface area contributed by atoms with E-state index >= 15 is 0 Å². The van der Waals surface area contributed by atoms with Gasteiger partial charge in [0.1, 0.15) is 0 Å². The third kappa shape index (κ3) is 5.04. The molecule has 2 rings (SSSR count). The van der Waals surface area contributed by atoms with E-state index in [4.69, 9.17) is 11.6 Å². The summed E-state index contributed by atoms with van der Waals surface area (Å²) in [6.45, 7) is 1.47. The minimum atomic E-state index is -3.80. The molecule has 0 radical (unpaired) electrons. The summed E-state index contributed by atoms with van der Waals surface area (Å²) in [5.74, 6) is -0.458. The van der Waals surface area contributed by atoms with Gasteiger partial charge in [0.05, 0.1) is 10.9 Å². The molecule has 0 aliphatic carbocycles. The summed E-state index contributed by atoms with van der Waals surface area (Å²) in [6, 6.07) is 11.8. The molecule has 23 heavy (non-hydrogen) atoms. The monoisotopic (exact) mass is 416 g/mol. The van der Waals surface area contributed by atoms with Crippen molar-refractivity contribution in [2.75, 3.05) is 5.32 Å². The van der Waals surface area contributed by atoms with Crippen LogP contribution in [0.2, 0.25) is 5.02 Å². The molecule has 0 saturated heterocycles. The van der Waals surface area contributed by atoms with Crippen LogP contribution in [0, 0.1) is 0 Å². The number of nitrogens with one attached hydrogen (secondary N) is 2. The molecule has 0 spiro atoms. The molecule has 0 bridgehead atoms. The number of sulfonamides is 1. The van der Waals surface area contributed by atoms with Gasteiger partial charge in [-0.1, -0.05) is 33.6 Å². The second kappa shape index (κ2) is 7.44. The van der Waals surface area contributed by atoms with Gasteiger partial charge in [-0.05, 0) is 49.4 Å². The van der Waals surface area contributed by atoms with Crippen molar-refractivity contribution in [3.05, 3.63) is 58.0 Å². The zero-order chi connectivity index (χ0) is 17.0. The second-order valence-electron chi connectivity index (χ2n) is 4.80. The van der Waals surface area contributed by atoms with Crippen LogP contribution < -0.4 is 10.0 Å². The number of halogens is 2. The first-order chi connectivity index (χ1) is 10.8. The third-order valence-corrected chi connectivity index (χ3v) is 5.24. The van der Waals surface area contributed by atoms with Crippen molar-refractivity contribution in [3.63, 3.8) is 0 Å². The summed E-state index contributed by atoms with van der Waals surface area (Å²) in [4.78, 5) is 12.2. The molecule has 0 fully saturated rings. The van der Waals surface area contributed by atoms with E-state index in [0.29, 0.717) is 10.7 Å². The predicted octanol–water partition coefficient (Wildman–Crippen LogP) is 3.41. The summed E-state index contributed by atoms with van der Waals surface area (Å²) in [7, 11) is -3.80. The quantitative estimate of drug-likeness (QED) is 0.783. The third-order valence-electron chi connectivity index (χ3n) is 2.94. The van der Waals surface area contributed by atoms with Crippen LogP contribution in [-0.2, 0) is 14.8 Å². The van der Waals surface area contributed by atoms with E-state index in [-0.39, 0.29) is 4.90 Å². The van der Waals surface area contributed by atoms with Gasteiger partial charge in [0.2, 0.25) is 15.9 Å². The standard InChI is InChI=1S/C15H14BrClN2O3S/c1-10(15(20)18-13-4-2-3-11(16)9-13)19-23(21,22)14-7-5-12(17)6-8-14/h2-10,19H,1H3,(H,18,20)/t10-/m0/s1. The lowest BCUT2D eigenvalue weighted by molar-refractivity contribution is -0.117. The Kier molecular flexibility index (Phi) is 5.80. The van der Waals surface area contributed by atoms with E-state index in [1.54, 1.807) is 18.2 Å². The van der Waals surface area contributed by atoms with Gasteiger partial charge in [0.25, 0.3) is 0 Å². The first-order valence-electron chi connectivity index (χ1n) is 6.62. The van der Waals surface area contributed by atoms with Crippen LogP contribution in [0.1, 0.15) is 6.92 Å². The molecule has 2 aromatic rings. The fraction of sp³-hybridized carbons (Fsp3) is 0.133. The Morgan fingerprint density at radius 3 is 2.43 bits per heavy atom. The van der Waals surface area contributed by atoms with Gasteiger partial charge in [-0.3, -0.25) is 4.79 Å². The number of carbonyl (C=O) groups excluding carboxylic acids is 1. The molecule has 0 saturated carbocycles. The Labute approximate surface area is 148 Å². The van der Waals surface area contributed by atoms with Gasteiger partial charge in [-0.2, -0.15) is 4.72 Å². The summed E-state index contributed by atoms with van der Waals surface area (Å²) in [5.41, 5.74) is 0.571. The number of benzene rings is 2. The summed E-state index contributed by atoms with van der Waals surface area (Å²) in [5, 5.41) is 3.08. The van der Waals surface area contributed by atoms with Crippen molar-refractivity contribution in [1.29, 1.82) is 0 Å². The summed E-state index contributed by atoms with van der Waals surface area (Å²) >= 11 is 9.04.